The number of carbonyl (C=O) groups excluding carboxylic acids is 2. The van der Waals surface area contributed by atoms with Crippen molar-refractivity contribution in [2.45, 2.75) is 152 Å². The van der Waals surface area contributed by atoms with Gasteiger partial charge in [-0.2, -0.15) is 0 Å². The van der Waals surface area contributed by atoms with Crippen molar-refractivity contribution in [3.8, 4) is 0 Å². The Morgan fingerprint density at radius 1 is 0.460 bits per heavy atom. The molecule has 4 aliphatic heterocycles. The Labute approximate surface area is 300 Å². The summed E-state index contributed by atoms with van der Waals surface area (Å²) in [5.74, 6) is 2.25. The summed E-state index contributed by atoms with van der Waals surface area (Å²) < 4.78 is 0. The molecule has 4 heterocycles. The maximum absolute atomic E-state index is 13.3. The van der Waals surface area contributed by atoms with Crippen molar-refractivity contribution in [3.05, 3.63) is 70.8 Å². The van der Waals surface area contributed by atoms with Crippen LogP contribution in [0.1, 0.15) is 162 Å². The molecule has 0 radical (unpaired) electrons. The largest absolute Gasteiger partial charge is 0.353 e. The van der Waals surface area contributed by atoms with Crippen molar-refractivity contribution < 1.29 is 9.59 Å². The average molecular weight is 677 g/mol. The van der Waals surface area contributed by atoms with E-state index in [2.05, 4.69) is 69.0 Å². The van der Waals surface area contributed by atoms with Gasteiger partial charge in [-0.1, -0.05) is 48.5 Å². The maximum atomic E-state index is 13.3. The first-order valence-corrected chi connectivity index (χ1v) is 20.9. The number of amides is 2. The van der Waals surface area contributed by atoms with E-state index < -0.39 is 0 Å². The van der Waals surface area contributed by atoms with Crippen LogP contribution in [0.25, 0.3) is 0 Å². The van der Waals surface area contributed by atoms with Crippen LogP contribution in [0.4, 0.5) is 0 Å². The van der Waals surface area contributed by atoms with Gasteiger partial charge < -0.3 is 10.6 Å². The van der Waals surface area contributed by atoms with Crippen LogP contribution in [0.3, 0.4) is 0 Å². The summed E-state index contributed by atoms with van der Waals surface area (Å²) in [6.45, 7) is 2.44. The van der Waals surface area contributed by atoms with Crippen molar-refractivity contribution in [1.29, 1.82) is 0 Å². The molecule has 2 amide bonds. The Morgan fingerprint density at radius 3 is 1.10 bits per heavy atom. The van der Waals surface area contributed by atoms with Crippen LogP contribution in [0.2, 0.25) is 0 Å². The third-order valence-electron chi connectivity index (χ3n) is 14.9. The molecule has 6 heteroatoms. The smallest absolute Gasteiger partial charge is 0.223 e. The average Bonchev–Trinajstić information content (AvgIpc) is 3.92. The summed E-state index contributed by atoms with van der Waals surface area (Å²) in [4.78, 5) is 32.1. The molecule has 268 valence electrons. The van der Waals surface area contributed by atoms with Crippen LogP contribution in [0, 0.1) is 23.7 Å². The van der Waals surface area contributed by atoms with Crippen LogP contribution >= 0.6 is 0 Å². The molecule has 9 rings (SSSR count). The summed E-state index contributed by atoms with van der Waals surface area (Å²) in [5, 5.41) is 6.89. The fourth-order valence-corrected chi connectivity index (χ4v) is 12.0. The van der Waals surface area contributed by atoms with E-state index in [4.69, 9.17) is 0 Å². The molecule has 6 nitrogen and oxygen atoms in total. The molecule has 2 aromatic carbocycles. The summed E-state index contributed by atoms with van der Waals surface area (Å²) in [7, 11) is 0. The van der Waals surface area contributed by atoms with Gasteiger partial charge in [-0.3, -0.25) is 19.4 Å². The minimum absolute atomic E-state index is 0.0816. The molecule has 2 aromatic rings. The molecule has 0 spiro atoms. The number of nitrogens with one attached hydrogen (secondary N) is 2. The number of benzene rings is 2. The molecule has 3 saturated carbocycles. The van der Waals surface area contributed by atoms with E-state index in [-0.39, 0.29) is 23.7 Å². The third kappa shape index (κ3) is 6.46. The molecule has 0 aromatic heterocycles. The second kappa shape index (κ2) is 14.4. The number of nitrogens with zero attached hydrogens (tertiary/aromatic N) is 2. The Morgan fingerprint density at radius 2 is 0.780 bits per heavy atom. The van der Waals surface area contributed by atoms with Crippen molar-refractivity contribution >= 4 is 11.8 Å². The number of fused-ring (bicyclic) bond motifs is 10. The van der Waals surface area contributed by atoms with Gasteiger partial charge in [0.1, 0.15) is 0 Å². The SMILES string of the molecule is O=C(NC1CCC(CCN2[C@@H]3CC[C@H]2c2ccccc23)CC1)C1CCC(C(=O)NC2CCC(CCN3[C@@H]4CC[C@H]3c3ccccc34)CC2)CC1. The molecule has 5 fully saturated rings. The maximum Gasteiger partial charge on any atom is 0.223 e. The summed E-state index contributed by atoms with van der Waals surface area (Å²) in [5.41, 5.74) is 6.35. The highest BCUT2D eigenvalue weighted by Gasteiger charge is 2.44. The predicted octanol–water partition coefficient (Wildman–Crippen LogP) is 8.71. The zero-order valence-electron chi connectivity index (χ0n) is 30.2. The van der Waals surface area contributed by atoms with E-state index in [0.29, 0.717) is 36.3 Å². The lowest BCUT2D eigenvalue weighted by Crippen LogP contribution is -2.44. The van der Waals surface area contributed by atoms with Gasteiger partial charge in [-0.05, 0) is 163 Å². The van der Waals surface area contributed by atoms with Gasteiger partial charge in [0.2, 0.25) is 11.8 Å². The molecule has 2 N–H and O–H groups in total. The topological polar surface area (TPSA) is 64.7 Å². The number of carbonyl (C=O) groups is 2. The fraction of sp³-hybridized carbons (Fsp3) is 0.682. The summed E-state index contributed by atoms with van der Waals surface area (Å²) in [6, 6.07) is 21.5. The molecule has 4 atom stereocenters. The molecular formula is C44H60N4O2. The van der Waals surface area contributed by atoms with Crippen molar-refractivity contribution in [2.24, 2.45) is 23.7 Å². The van der Waals surface area contributed by atoms with Gasteiger partial charge in [0.15, 0.2) is 0 Å². The van der Waals surface area contributed by atoms with Crippen LogP contribution in [-0.2, 0) is 9.59 Å². The Hall–Kier alpha value is -2.70. The first-order valence-electron chi connectivity index (χ1n) is 20.9. The van der Waals surface area contributed by atoms with E-state index in [1.165, 1.54) is 77.3 Å². The lowest BCUT2D eigenvalue weighted by molar-refractivity contribution is -0.131. The second-order valence-electron chi connectivity index (χ2n) is 17.5. The van der Waals surface area contributed by atoms with E-state index in [9.17, 15) is 9.59 Å². The quantitative estimate of drug-likeness (QED) is 0.264. The number of hydrogen-bond donors (Lipinski definition) is 2. The van der Waals surface area contributed by atoms with Crippen LogP contribution in [0.5, 0.6) is 0 Å². The molecule has 4 bridgehead atoms. The Bertz CT molecular complexity index is 1340. The molecule has 50 heavy (non-hydrogen) atoms. The second-order valence-corrected chi connectivity index (χ2v) is 17.5. The lowest BCUT2D eigenvalue weighted by atomic mass is 9.79. The van der Waals surface area contributed by atoms with Crippen LogP contribution in [-0.4, -0.2) is 46.8 Å². The zero-order valence-corrected chi connectivity index (χ0v) is 30.2. The van der Waals surface area contributed by atoms with Gasteiger partial charge in [-0.15, -0.1) is 0 Å². The highest BCUT2D eigenvalue weighted by Crippen LogP contribution is 2.54. The van der Waals surface area contributed by atoms with Gasteiger partial charge >= 0.3 is 0 Å². The minimum atomic E-state index is 0.0816. The number of hydrogen-bond acceptors (Lipinski definition) is 4. The van der Waals surface area contributed by atoms with Gasteiger partial charge in [-0.25, -0.2) is 0 Å². The minimum Gasteiger partial charge on any atom is -0.353 e. The first-order chi connectivity index (χ1) is 24.6. The standard InChI is InChI=1S/C44H60N4O2/c49-43(45-33-17-9-29(10-18-33)25-27-47-39-21-22-40(47)36-6-2-1-5-35(36)39)31-13-15-32(16-14-31)44(50)46-34-19-11-30(12-20-34)26-28-48-41-23-24-42(48)38-8-4-3-7-37(38)41/h1-8,29-34,39-42H,9-28H2,(H,45,49)(H,46,50)/t29?,30?,31?,32?,33?,34?,39-,40+,41-,42+. The molecule has 0 unspecified atom stereocenters. The highest BCUT2D eigenvalue weighted by atomic mass is 16.2. The summed E-state index contributed by atoms with van der Waals surface area (Å²) >= 11 is 0. The monoisotopic (exact) mass is 676 g/mol. The Balaban J connectivity index is 0.646. The van der Waals surface area contributed by atoms with E-state index >= 15 is 0 Å². The van der Waals surface area contributed by atoms with E-state index in [0.717, 1.165) is 63.2 Å². The van der Waals surface area contributed by atoms with Crippen LogP contribution < -0.4 is 10.6 Å². The van der Waals surface area contributed by atoms with Gasteiger partial charge in [0, 0.05) is 48.1 Å². The van der Waals surface area contributed by atoms with E-state index in [1.54, 1.807) is 22.3 Å². The summed E-state index contributed by atoms with van der Waals surface area (Å²) in [6.07, 6.45) is 20.8. The molecule has 2 saturated heterocycles. The van der Waals surface area contributed by atoms with Crippen molar-refractivity contribution in [2.75, 3.05) is 13.1 Å². The van der Waals surface area contributed by atoms with Crippen LogP contribution in [0.15, 0.2) is 48.5 Å². The fourth-order valence-electron chi connectivity index (χ4n) is 12.0. The predicted molar refractivity (Wildman–Crippen MR) is 198 cm³/mol. The lowest BCUT2D eigenvalue weighted by Gasteiger charge is -2.34. The molecule has 3 aliphatic carbocycles. The van der Waals surface area contributed by atoms with Gasteiger partial charge in [0.05, 0.1) is 0 Å². The Kier molecular flexibility index (Phi) is 9.53. The normalized spacial score (nSPS) is 36.2. The molecular weight excluding hydrogens is 617 g/mol. The highest BCUT2D eigenvalue weighted by molar-refractivity contribution is 5.81. The van der Waals surface area contributed by atoms with Crippen molar-refractivity contribution in [3.63, 3.8) is 0 Å². The van der Waals surface area contributed by atoms with Crippen molar-refractivity contribution in [1.82, 2.24) is 20.4 Å². The number of rotatable bonds is 10. The zero-order chi connectivity index (χ0) is 33.6. The van der Waals surface area contributed by atoms with E-state index in [1.807, 2.05) is 0 Å². The third-order valence-corrected chi connectivity index (χ3v) is 14.9. The molecule has 7 aliphatic rings. The van der Waals surface area contributed by atoms with Gasteiger partial charge in [0.25, 0.3) is 0 Å². The first kappa shape index (κ1) is 33.2.